The van der Waals surface area contributed by atoms with Crippen LogP contribution in [0.25, 0.3) is 0 Å². The van der Waals surface area contributed by atoms with Crippen LogP contribution in [0.3, 0.4) is 0 Å². The van der Waals surface area contributed by atoms with Crippen molar-refractivity contribution in [3.8, 4) is 0 Å². The third kappa shape index (κ3) is 3.18. The quantitative estimate of drug-likeness (QED) is 0.791. The average molecular weight is 278 g/mol. The Balaban J connectivity index is 1.49. The van der Waals surface area contributed by atoms with Gasteiger partial charge in [0.1, 0.15) is 0 Å². The topological polar surface area (TPSA) is 23.6 Å². The van der Waals surface area contributed by atoms with Gasteiger partial charge in [0.15, 0.2) is 6.29 Å². The monoisotopic (exact) mass is 278 g/mol. The molecule has 0 atom stereocenters. The van der Waals surface area contributed by atoms with E-state index >= 15 is 0 Å². The van der Waals surface area contributed by atoms with Crippen molar-refractivity contribution < 1.29 is 4.79 Å². The fourth-order valence-electron chi connectivity index (χ4n) is 3.27. The summed E-state index contributed by atoms with van der Waals surface area (Å²) in [4.78, 5) is 16.6. The molecular formula is C15H22N2OS. The second kappa shape index (κ2) is 6.06. The van der Waals surface area contributed by atoms with E-state index in [0.29, 0.717) is 0 Å². The highest BCUT2D eigenvalue weighted by molar-refractivity contribution is 7.12. The van der Waals surface area contributed by atoms with Gasteiger partial charge >= 0.3 is 0 Å². The Morgan fingerprint density at radius 2 is 1.95 bits per heavy atom. The summed E-state index contributed by atoms with van der Waals surface area (Å²) in [5.74, 6) is 0.874. The van der Waals surface area contributed by atoms with E-state index in [4.69, 9.17) is 0 Å². The number of hydrogen-bond acceptors (Lipinski definition) is 4. The van der Waals surface area contributed by atoms with Gasteiger partial charge in [-0.3, -0.25) is 4.79 Å². The Bertz CT molecular complexity index is 418. The van der Waals surface area contributed by atoms with Gasteiger partial charge in [0.05, 0.1) is 4.88 Å². The van der Waals surface area contributed by atoms with E-state index in [0.717, 1.165) is 30.2 Å². The van der Waals surface area contributed by atoms with Crippen LogP contribution in [0, 0.1) is 5.92 Å². The summed E-state index contributed by atoms with van der Waals surface area (Å²) < 4.78 is 0. The van der Waals surface area contributed by atoms with E-state index in [-0.39, 0.29) is 0 Å². The summed E-state index contributed by atoms with van der Waals surface area (Å²) in [5, 5.41) is 2.12. The minimum absolute atomic E-state index is 0.842. The minimum Gasteiger partial charge on any atom is -0.371 e. The van der Waals surface area contributed by atoms with Crippen molar-refractivity contribution in [3.05, 3.63) is 16.3 Å². The predicted molar refractivity (Wildman–Crippen MR) is 80.3 cm³/mol. The number of carbonyl (C=O) groups excluding carboxylic acids is 1. The molecule has 4 heteroatoms. The summed E-state index contributed by atoms with van der Waals surface area (Å²) >= 11 is 1.55. The molecule has 0 unspecified atom stereocenters. The first-order valence-corrected chi connectivity index (χ1v) is 8.24. The lowest BCUT2D eigenvalue weighted by molar-refractivity contribution is 0.112. The Morgan fingerprint density at radius 1 is 1.21 bits per heavy atom. The molecule has 0 aromatic carbocycles. The molecule has 0 bridgehead atoms. The van der Waals surface area contributed by atoms with E-state index in [1.165, 1.54) is 51.0 Å². The van der Waals surface area contributed by atoms with Crippen molar-refractivity contribution in [1.29, 1.82) is 0 Å². The van der Waals surface area contributed by atoms with Crippen molar-refractivity contribution >= 4 is 23.3 Å². The number of thiophene rings is 1. The van der Waals surface area contributed by atoms with E-state index in [1.807, 2.05) is 6.07 Å². The zero-order valence-corrected chi connectivity index (χ0v) is 12.2. The molecule has 3 rings (SSSR count). The molecule has 1 aromatic rings. The molecule has 1 aromatic heterocycles. The van der Waals surface area contributed by atoms with Gasteiger partial charge in [-0.25, -0.2) is 0 Å². The van der Waals surface area contributed by atoms with E-state index in [9.17, 15) is 4.79 Å². The highest BCUT2D eigenvalue weighted by atomic mass is 32.1. The third-order valence-corrected chi connectivity index (χ3v) is 5.26. The fourth-order valence-corrected chi connectivity index (χ4v) is 3.99. The smallest absolute Gasteiger partial charge is 0.160 e. The molecule has 0 radical (unpaired) electrons. The van der Waals surface area contributed by atoms with Crippen molar-refractivity contribution in [1.82, 2.24) is 4.90 Å². The number of hydrogen-bond donors (Lipinski definition) is 0. The molecule has 104 valence electrons. The van der Waals surface area contributed by atoms with Crippen LogP contribution in [0.15, 0.2) is 11.4 Å². The number of piperidine rings is 1. The SMILES string of the molecule is O=Cc1cc(N2CCC(CN3CCCC3)CC2)cs1. The summed E-state index contributed by atoms with van der Waals surface area (Å²) in [5.41, 5.74) is 1.24. The van der Waals surface area contributed by atoms with Crippen LogP contribution in [0.5, 0.6) is 0 Å². The molecule has 0 N–H and O–H groups in total. The Labute approximate surface area is 119 Å². The lowest BCUT2D eigenvalue weighted by atomic mass is 9.96. The zero-order chi connectivity index (χ0) is 13.1. The average Bonchev–Trinajstić information content (AvgIpc) is 3.10. The first-order valence-electron chi connectivity index (χ1n) is 7.36. The van der Waals surface area contributed by atoms with E-state index in [1.54, 1.807) is 11.3 Å². The molecule has 19 heavy (non-hydrogen) atoms. The number of aldehydes is 1. The molecule has 2 aliphatic rings. The van der Waals surface area contributed by atoms with Gasteiger partial charge in [0.2, 0.25) is 0 Å². The number of anilines is 1. The van der Waals surface area contributed by atoms with Gasteiger partial charge in [-0.05, 0) is 50.8 Å². The molecule has 0 aliphatic carbocycles. The summed E-state index contributed by atoms with van der Waals surface area (Å²) in [7, 11) is 0. The van der Waals surface area contributed by atoms with Gasteiger partial charge in [-0.15, -0.1) is 11.3 Å². The van der Waals surface area contributed by atoms with Crippen molar-refractivity contribution in [2.75, 3.05) is 37.6 Å². The van der Waals surface area contributed by atoms with Crippen LogP contribution in [0.4, 0.5) is 5.69 Å². The minimum atomic E-state index is 0.842. The Hall–Kier alpha value is -0.870. The molecule has 3 nitrogen and oxygen atoms in total. The van der Waals surface area contributed by atoms with Gasteiger partial charge in [0, 0.05) is 30.7 Å². The molecule has 2 fully saturated rings. The molecule has 3 heterocycles. The van der Waals surface area contributed by atoms with Crippen LogP contribution < -0.4 is 4.90 Å². The Kier molecular flexibility index (Phi) is 4.18. The summed E-state index contributed by atoms with van der Waals surface area (Å²) in [6, 6.07) is 2.03. The first-order chi connectivity index (χ1) is 9.35. The summed E-state index contributed by atoms with van der Waals surface area (Å²) in [6.45, 7) is 6.22. The maximum absolute atomic E-state index is 10.7. The van der Waals surface area contributed by atoms with Crippen LogP contribution >= 0.6 is 11.3 Å². The number of likely N-dealkylation sites (tertiary alicyclic amines) is 1. The molecular weight excluding hydrogens is 256 g/mol. The largest absolute Gasteiger partial charge is 0.371 e. The molecule has 0 saturated carbocycles. The highest BCUT2D eigenvalue weighted by Crippen LogP contribution is 2.27. The Morgan fingerprint density at radius 3 is 2.58 bits per heavy atom. The molecule has 0 spiro atoms. The maximum atomic E-state index is 10.7. The fraction of sp³-hybridized carbons (Fsp3) is 0.667. The standard InChI is InChI=1S/C15H22N2OS/c18-11-15-9-14(12-19-15)17-7-3-13(4-8-17)10-16-5-1-2-6-16/h9,11-13H,1-8,10H2. The molecule has 2 aliphatic heterocycles. The second-order valence-electron chi connectivity index (χ2n) is 5.76. The number of nitrogens with zero attached hydrogens (tertiary/aromatic N) is 2. The lowest BCUT2D eigenvalue weighted by Gasteiger charge is -2.34. The highest BCUT2D eigenvalue weighted by Gasteiger charge is 2.23. The zero-order valence-electron chi connectivity index (χ0n) is 11.4. The van der Waals surface area contributed by atoms with Crippen LogP contribution in [0.1, 0.15) is 35.4 Å². The van der Waals surface area contributed by atoms with E-state index < -0.39 is 0 Å². The van der Waals surface area contributed by atoms with Crippen molar-refractivity contribution in [2.24, 2.45) is 5.92 Å². The van der Waals surface area contributed by atoms with Crippen LogP contribution in [-0.2, 0) is 0 Å². The van der Waals surface area contributed by atoms with Crippen LogP contribution in [-0.4, -0.2) is 43.9 Å². The molecule has 0 amide bonds. The van der Waals surface area contributed by atoms with Gasteiger partial charge < -0.3 is 9.80 Å². The van der Waals surface area contributed by atoms with Crippen LogP contribution in [0.2, 0.25) is 0 Å². The van der Waals surface area contributed by atoms with Gasteiger partial charge in [-0.1, -0.05) is 0 Å². The van der Waals surface area contributed by atoms with Crippen molar-refractivity contribution in [2.45, 2.75) is 25.7 Å². The number of rotatable bonds is 4. The third-order valence-electron chi connectivity index (χ3n) is 4.42. The molecule has 2 saturated heterocycles. The normalized spacial score (nSPS) is 22.0. The first kappa shape index (κ1) is 13.1. The van der Waals surface area contributed by atoms with Gasteiger partial charge in [0.25, 0.3) is 0 Å². The van der Waals surface area contributed by atoms with E-state index in [2.05, 4.69) is 15.2 Å². The van der Waals surface area contributed by atoms with Crippen molar-refractivity contribution in [3.63, 3.8) is 0 Å². The maximum Gasteiger partial charge on any atom is 0.160 e. The predicted octanol–water partition coefficient (Wildman–Crippen LogP) is 2.87. The second-order valence-corrected chi connectivity index (χ2v) is 6.71. The lowest BCUT2D eigenvalue weighted by Crippen LogP contribution is -2.37. The van der Waals surface area contributed by atoms with Gasteiger partial charge in [-0.2, -0.15) is 0 Å². The summed E-state index contributed by atoms with van der Waals surface area (Å²) in [6.07, 6.45) is 6.32. The number of carbonyl (C=O) groups is 1.